The Morgan fingerprint density at radius 3 is 2.92 bits per heavy atom. The molecule has 0 aliphatic rings. The van der Waals surface area contributed by atoms with Crippen molar-refractivity contribution in [1.29, 1.82) is 0 Å². The van der Waals surface area contributed by atoms with Crippen LogP contribution in [0.25, 0.3) is 16.6 Å². The Hall–Kier alpha value is -3.22. The van der Waals surface area contributed by atoms with E-state index in [2.05, 4.69) is 32.6 Å². The molecule has 0 fully saturated rings. The molecule has 0 saturated carbocycles. The number of nitrogens with one attached hydrogen (secondary N) is 2. The van der Waals surface area contributed by atoms with Crippen molar-refractivity contribution in [2.24, 2.45) is 0 Å². The standard InChI is InChI=1S/C18H18N6O/c1-2-7-14(17-23-21-15-10-5-6-11-24(15)17)19-18(25)16-12-8-3-4-9-13(12)20-22-16/h3-6,8-11,14H,2,7H2,1H3,(H,19,25)(H,20,22)/t14-/m1/s1. The minimum atomic E-state index is -0.231. The number of aromatic nitrogens is 5. The number of fused-ring (bicyclic) bond motifs is 2. The van der Waals surface area contributed by atoms with Crippen LogP contribution in [-0.4, -0.2) is 30.7 Å². The molecule has 0 aliphatic heterocycles. The molecule has 1 amide bonds. The van der Waals surface area contributed by atoms with Gasteiger partial charge >= 0.3 is 0 Å². The number of carbonyl (C=O) groups is 1. The van der Waals surface area contributed by atoms with Gasteiger partial charge in [-0.3, -0.25) is 14.3 Å². The van der Waals surface area contributed by atoms with Crippen LogP contribution in [0, 0.1) is 0 Å². The molecule has 0 unspecified atom stereocenters. The zero-order valence-electron chi connectivity index (χ0n) is 13.8. The molecule has 0 saturated heterocycles. The van der Waals surface area contributed by atoms with Gasteiger partial charge in [-0.1, -0.05) is 37.6 Å². The Morgan fingerprint density at radius 1 is 1.20 bits per heavy atom. The van der Waals surface area contributed by atoms with E-state index in [-0.39, 0.29) is 11.9 Å². The number of H-pyrrole nitrogens is 1. The first-order valence-corrected chi connectivity index (χ1v) is 8.31. The minimum Gasteiger partial charge on any atom is -0.341 e. The lowest BCUT2D eigenvalue weighted by molar-refractivity contribution is 0.0929. The number of amides is 1. The maximum atomic E-state index is 12.8. The Bertz CT molecular complexity index is 1030. The lowest BCUT2D eigenvalue weighted by Crippen LogP contribution is -2.30. The van der Waals surface area contributed by atoms with Crippen LogP contribution in [0.2, 0.25) is 0 Å². The van der Waals surface area contributed by atoms with Gasteiger partial charge in [0.2, 0.25) is 0 Å². The summed E-state index contributed by atoms with van der Waals surface area (Å²) in [7, 11) is 0. The largest absolute Gasteiger partial charge is 0.341 e. The van der Waals surface area contributed by atoms with Crippen LogP contribution < -0.4 is 5.32 Å². The van der Waals surface area contributed by atoms with E-state index in [1.54, 1.807) is 0 Å². The molecule has 7 nitrogen and oxygen atoms in total. The van der Waals surface area contributed by atoms with Gasteiger partial charge < -0.3 is 5.32 Å². The fraction of sp³-hybridized carbons (Fsp3) is 0.222. The molecule has 4 aromatic rings. The number of para-hydroxylation sites is 1. The average Bonchev–Trinajstić information content (AvgIpc) is 3.25. The van der Waals surface area contributed by atoms with Crippen LogP contribution in [0.5, 0.6) is 0 Å². The summed E-state index contributed by atoms with van der Waals surface area (Å²) in [5.74, 6) is 0.509. The lowest BCUT2D eigenvalue weighted by atomic mass is 10.1. The Balaban J connectivity index is 1.67. The molecule has 3 aromatic heterocycles. The molecule has 0 spiro atoms. The number of hydrogen-bond donors (Lipinski definition) is 2. The van der Waals surface area contributed by atoms with Gasteiger partial charge in [-0.2, -0.15) is 5.10 Å². The number of nitrogens with zero attached hydrogens (tertiary/aromatic N) is 4. The molecular weight excluding hydrogens is 316 g/mol. The van der Waals surface area contributed by atoms with E-state index >= 15 is 0 Å². The quantitative estimate of drug-likeness (QED) is 0.587. The van der Waals surface area contributed by atoms with Gasteiger partial charge in [0, 0.05) is 11.6 Å². The van der Waals surface area contributed by atoms with Crippen LogP contribution in [0.3, 0.4) is 0 Å². The van der Waals surface area contributed by atoms with Gasteiger partial charge in [-0.25, -0.2) is 0 Å². The molecule has 7 heteroatoms. The maximum absolute atomic E-state index is 12.8. The van der Waals surface area contributed by atoms with Crippen LogP contribution in [-0.2, 0) is 0 Å². The topological polar surface area (TPSA) is 88.0 Å². The maximum Gasteiger partial charge on any atom is 0.273 e. The molecule has 1 atom stereocenters. The van der Waals surface area contributed by atoms with E-state index < -0.39 is 0 Å². The molecule has 0 bridgehead atoms. The molecule has 25 heavy (non-hydrogen) atoms. The van der Waals surface area contributed by atoms with Crippen molar-refractivity contribution in [3.63, 3.8) is 0 Å². The third-order valence-corrected chi connectivity index (χ3v) is 4.22. The van der Waals surface area contributed by atoms with Gasteiger partial charge in [0.1, 0.15) is 0 Å². The third-order valence-electron chi connectivity index (χ3n) is 4.22. The molecule has 0 aliphatic carbocycles. The predicted molar refractivity (Wildman–Crippen MR) is 94.2 cm³/mol. The summed E-state index contributed by atoms with van der Waals surface area (Å²) < 4.78 is 1.91. The van der Waals surface area contributed by atoms with E-state index in [0.717, 1.165) is 35.2 Å². The summed E-state index contributed by atoms with van der Waals surface area (Å²) in [6.45, 7) is 2.08. The second-order valence-electron chi connectivity index (χ2n) is 5.92. The number of hydrogen-bond acceptors (Lipinski definition) is 4. The number of pyridine rings is 1. The number of rotatable bonds is 5. The Labute approximate surface area is 144 Å². The second kappa shape index (κ2) is 6.35. The van der Waals surface area contributed by atoms with Crippen molar-refractivity contribution in [3.05, 3.63) is 60.2 Å². The smallest absolute Gasteiger partial charge is 0.273 e. The summed E-state index contributed by atoms with van der Waals surface area (Å²) in [5.41, 5.74) is 2.00. The Kier molecular flexibility index (Phi) is 3.89. The second-order valence-corrected chi connectivity index (χ2v) is 5.92. The monoisotopic (exact) mass is 334 g/mol. The van der Waals surface area contributed by atoms with Crippen molar-refractivity contribution in [2.75, 3.05) is 0 Å². The summed E-state index contributed by atoms with van der Waals surface area (Å²) in [6, 6.07) is 13.1. The highest BCUT2D eigenvalue weighted by Gasteiger charge is 2.22. The van der Waals surface area contributed by atoms with E-state index in [1.165, 1.54) is 0 Å². The third kappa shape index (κ3) is 2.73. The molecule has 1 aromatic carbocycles. The summed E-state index contributed by atoms with van der Waals surface area (Å²) in [4.78, 5) is 12.8. The van der Waals surface area contributed by atoms with Crippen molar-refractivity contribution in [3.8, 4) is 0 Å². The zero-order valence-corrected chi connectivity index (χ0v) is 13.8. The molecule has 2 N–H and O–H groups in total. The number of benzene rings is 1. The first kappa shape index (κ1) is 15.3. The highest BCUT2D eigenvalue weighted by molar-refractivity contribution is 6.04. The van der Waals surface area contributed by atoms with Crippen LogP contribution in [0.15, 0.2) is 48.7 Å². The molecule has 126 valence electrons. The first-order valence-electron chi connectivity index (χ1n) is 8.31. The van der Waals surface area contributed by atoms with E-state index in [1.807, 2.05) is 53.1 Å². The summed E-state index contributed by atoms with van der Waals surface area (Å²) in [6.07, 6.45) is 3.58. The molecule has 4 rings (SSSR count). The normalized spacial score (nSPS) is 12.5. The van der Waals surface area contributed by atoms with Crippen LogP contribution >= 0.6 is 0 Å². The van der Waals surface area contributed by atoms with E-state index in [9.17, 15) is 4.79 Å². The van der Waals surface area contributed by atoms with E-state index in [0.29, 0.717) is 5.69 Å². The highest BCUT2D eigenvalue weighted by atomic mass is 16.2. The molecule has 0 radical (unpaired) electrons. The average molecular weight is 334 g/mol. The van der Waals surface area contributed by atoms with Gasteiger partial charge in [0.15, 0.2) is 17.2 Å². The highest BCUT2D eigenvalue weighted by Crippen LogP contribution is 2.20. The fourth-order valence-corrected chi connectivity index (χ4v) is 3.02. The predicted octanol–water partition coefficient (Wildman–Crippen LogP) is 2.88. The number of aromatic amines is 1. The molecule has 3 heterocycles. The number of carbonyl (C=O) groups excluding carboxylic acids is 1. The van der Waals surface area contributed by atoms with E-state index in [4.69, 9.17) is 0 Å². The lowest BCUT2D eigenvalue weighted by Gasteiger charge is -2.16. The van der Waals surface area contributed by atoms with Crippen molar-refractivity contribution in [2.45, 2.75) is 25.8 Å². The minimum absolute atomic E-state index is 0.219. The molecular formula is C18H18N6O. The fourth-order valence-electron chi connectivity index (χ4n) is 3.02. The summed E-state index contributed by atoms with van der Waals surface area (Å²) in [5, 5.41) is 19.4. The van der Waals surface area contributed by atoms with Gasteiger partial charge in [-0.15, -0.1) is 10.2 Å². The first-order chi connectivity index (χ1) is 12.3. The van der Waals surface area contributed by atoms with Gasteiger partial charge in [0.25, 0.3) is 5.91 Å². The summed E-state index contributed by atoms with van der Waals surface area (Å²) >= 11 is 0. The van der Waals surface area contributed by atoms with Crippen LogP contribution in [0.4, 0.5) is 0 Å². The van der Waals surface area contributed by atoms with Crippen LogP contribution in [0.1, 0.15) is 42.1 Å². The van der Waals surface area contributed by atoms with Gasteiger partial charge in [-0.05, 0) is 24.6 Å². The van der Waals surface area contributed by atoms with Crippen molar-refractivity contribution >= 4 is 22.5 Å². The SMILES string of the molecule is CCC[C@@H](NC(=O)c1n[nH]c2ccccc12)c1nnc2ccccn12. The van der Waals surface area contributed by atoms with Crippen molar-refractivity contribution in [1.82, 2.24) is 30.1 Å². The Morgan fingerprint density at radius 2 is 2.04 bits per heavy atom. The zero-order chi connectivity index (χ0) is 17.2. The van der Waals surface area contributed by atoms with Gasteiger partial charge in [0.05, 0.1) is 11.6 Å². The van der Waals surface area contributed by atoms with Crippen molar-refractivity contribution < 1.29 is 4.79 Å².